The molecule has 0 bridgehead atoms. The number of alkyl halides is 2. The van der Waals surface area contributed by atoms with Crippen molar-refractivity contribution in [1.29, 1.82) is 0 Å². The van der Waals surface area contributed by atoms with Gasteiger partial charge in [0.2, 0.25) is 11.8 Å². The second-order valence-electron chi connectivity index (χ2n) is 24.4. The zero-order valence-corrected chi connectivity index (χ0v) is 51.0. The van der Waals surface area contributed by atoms with Gasteiger partial charge in [-0.25, -0.2) is 38.1 Å². The van der Waals surface area contributed by atoms with Crippen molar-refractivity contribution < 1.29 is 27.8 Å². The van der Waals surface area contributed by atoms with Crippen LogP contribution >= 0.6 is 0 Å². The second kappa shape index (κ2) is 26.4. The minimum Gasteiger partial charge on any atom is -0.357 e. The highest BCUT2D eigenvalue weighted by Gasteiger charge is 2.44. The predicted molar refractivity (Wildman–Crippen MR) is 351 cm³/mol. The Morgan fingerprint density at radius 3 is 1.17 bits per heavy atom. The SMILES string of the molecule is CC(C)c1c(-c2cc(N=C(c3ccccc3)c3ccccc3)c3cnc(NC(=O)[C@@H]4C[C@@H]4F)cc3c2)cnn1C1CCCCO1.CC(C)c1c(-c2cc(N=C(c3ccccc3)c3ccccc3)c3cnc(NC(=O)[C@@H]4C[C@H]4F)cc3c2)cnn1C1CCCCO1. The molecule has 2 amide bonds. The van der Waals surface area contributed by atoms with Crippen LogP contribution in [0, 0.1) is 11.8 Å². The van der Waals surface area contributed by atoms with Crippen molar-refractivity contribution in [3.8, 4) is 22.3 Å². The Hall–Kier alpha value is -9.38. The Balaban J connectivity index is 0.000000165. The average Bonchev–Trinajstić information content (AvgIpc) is 1.23. The molecule has 6 atom stereocenters. The predicted octanol–water partition coefficient (Wildman–Crippen LogP) is 16.8. The molecule has 4 aromatic heterocycles. The third-order valence-corrected chi connectivity index (χ3v) is 17.1. The molecule has 0 spiro atoms. The van der Waals surface area contributed by atoms with Gasteiger partial charge in [-0.1, -0.05) is 149 Å². The monoisotopic (exact) mass is 1200 g/mol. The molecule has 2 aliphatic heterocycles. The lowest BCUT2D eigenvalue weighted by Gasteiger charge is -2.26. The summed E-state index contributed by atoms with van der Waals surface area (Å²) in [5.41, 5.74) is 13.3. The maximum atomic E-state index is 13.6. The molecule has 14 rings (SSSR count). The first-order chi connectivity index (χ1) is 43.9. The van der Waals surface area contributed by atoms with E-state index in [-0.39, 0.29) is 48.9 Å². The fourth-order valence-corrected chi connectivity index (χ4v) is 12.3. The molecular weight excluding hydrogens is 1130 g/mol. The van der Waals surface area contributed by atoms with E-state index in [1.165, 1.54) is 0 Å². The first-order valence-electron chi connectivity index (χ1n) is 31.5. The summed E-state index contributed by atoms with van der Waals surface area (Å²) in [6.07, 6.45) is 11.7. The number of anilines is 2. The first-order valence-corrected chi connectivity index (χ1v) is 31.5. The number of carbonyl (C=O) groups excluding carboxylic acids is 2. The fraction of sp³-hybridized carbons (Fsp3) is 0.297. The highest BCUT2D eigenvalue weighted by atomic mass is 19.1. The summed E-state index contributed by atoms with van der Waals surface area (Å²) >= 11 is 0. The smallest absolute Gasteiger partial charge is 0.231 e. The number of ether oxygens (including phenoxy) is 2. The Morgan fingerprint density at radius 1 is 0.500 bits per heavy atom. The summed E-state index contributed by atoms with van der Waals surface area (Å²) in [7, 11) is 0. The first kappa shape index (κ1) is 59.6. The van der Waals surface area contributed by atoms with Crippen LogP contribution < -0.4 is 10.6 Å². The van der Waals surface area contributed by atoms with Gasteiger partial charge in [-0.2, -0.15) is 10.2 Å². The number of hydrogen-bond acceptors (Lipinski definition) is 10. The molecule has 2 unspecified atom stereocenters. The number of rotatable bonds is 16. The quantitative estimate of drug-likeness (QED) is 0.0903. The number of hydrogen-bond donors (Lipinski definition) is 2. The van der Waals surface area contributed by atoms with Gasteiger partial charge >= 0.3 is 0 Å². The summed E-state index contributed by atoms with van der Waals surface area (Å²) in [6, 6.07) is 52.6. The fourth-order valence-electron chi connectivity index (χ4n) is 12.3. The molecular formula is C74H72F2N10O4. The summed E-state index contributed by atoms with van der Waals surface area (Å²) in [4.78, 5) is 44.9. The van der Waals surface area contributed by atoms with E-state index < -0.39 is 24.2 Å². The summed E-state index contributed by atoms with van der Waals surface area (Å²) in [6.45, 7) is 10.2. The molecule has 6 heterocycles. The third-order valence-electron chi connectivity index (χ3n) is 17.1. The van der Waals surface area contributed by atoms with Crippen molar-refractivity contribution in [1.82, 2.24) is 29.5 Å². The van der Waals surface area contributed by atoms with Crippen molar-refractivity contribution in [2.45, 2.75) is 116 Å². The van der Waals surface area contributed by atoms with E-state index in [1.54, 1.807) is 12.4 Å². The Bertz CT molecular complexity index is 3920. The standard InChI is InChI=1S/2C37H36FN5O2/c2*1-23(2)36-30(22-40-43(36)34-15-9-10-16-45-34)26-17-27-19-33(42-37(44)28-20-31(28)38)39-21-29(27)32(18-26)41-35(24-11-5-3-6-12-24)25-13-7-4-8-14-25/h2*3-8,11-14,17-19,21-23,28,31,34H,9-10,15-16,20H2,1-2H3,(H,39,42,44)/t28-,31+,34?;28-,31-,34?/m11/s1. The second-order valence-corrected chi connectivity index (χ2v) is 24.4. The van der Waals surface area contributed by atoms with Crippen LogP contribution in [0.25, 0.3) is 43.8 Å². The van der Waals surface area contributed by atoms with Crippen LogP contribution in [-0.2, 0) is 19.1 Å². The van der Waals surface area contributed by atoms with E-state index in [0.717, 1.165) is 152 Å². The molecule has 4 aliphatic rings. The largest absolute Gasteiger partial charge is 0.357 e. The summed E-state index contributed by atoms with van der Waals surface area (Å²) in [5.74, 6) is -0.714. The molecule has 6 aromatic carbocycles. The van der Waals surface area contributed by atoms with Crippen LogP contribution in [-0.4, -0.2) is 78.3 Å². The van der Waals surface area contributed by atoms with Gasteiger partial charge in [0, 0.05) is 69.8 Å². The average molecular weight is 1200 g/mol. The van der Waals surface area contributed by atoms with Crippen molar-refractivity contribution in [3.05, 3.63) is 216 Å². The number of fused-ring (bicyclic) bond motifs is 2. The molecule has 2 aliphatic carbocycles. The number of aromatic nitrogens is 6. The number of amides is 2. The van der Waals surface area contributed by atoms with Gasteiger partial charge in [-0.05, 0) is 121 Å². The van der Waals surface area contributed by atoms with E-state index in [2.05, 4.69) is 121 Å². The van der Waals surface area contributed by atoms with Crippen LogP contribution in [0.1, 0.15) is 137 Å². The van der Waals surface area contributed by atoms with Crippen molar-refractivity contribution in [2.24, 2.45) is 21.8 Å². The van der Waals surface area contributed by atoms with Crippen LogP contribution in [0.4, 0.5) is 31.8 Å². The van der Waals surface area contributed by atoms with E-state index >= 15 is 0 Å². The molecule has 2 saturated carbocycles. The lowest BCUT2D eigenvalue weighted by Crippen LogP contribution is -2.21. The van der Waals surface area contributed by atoms with Crippen molar-refractivity contribution in [2.75, 3.05) is 23.8 Å². The highest BCUT2D eigenvalue weighted by Crippen LogP contribution is 2.43. The van der Waals surface area contributed by atoms with Gasteiger partial charge in [-0.3, -0.25) is 9.59 Å². The number of pyridine rings is 2. The van der Waals surface area contributed by atoms with Crippen LogP contribution in [0.2, 0.25) is 0 Å². The molecule has 16 heteroatoms. The van der Waals surface area contributed by atoms with E-state index in [1.807, 2.05) is 107 Å². The third kappa shape index (κ3) is 13.0. The lowest BCUT2D eigenvalue weighted by atomic mass is 9.96. The van der Waals surface area contributed by atoms with Crippen LogP contribution in [0.3, 0.4) is 0 Å². The number of halogens is 2. The molecule has 10 aromatic rings. The normalized spacial score (nSPS) is 19.4. The maximum absolute atomic E-state index is 13.6. The van der Waals surface area contributed by atoms with E-state index in [9.17, 15) is 18.4 Å². The molecule has 456 valence electrons. The number of benzene rings is 6. The molecule has 14 nitrogen and oxygen atoms in total. The summed E-state index contributed by atoms with van der Waals surface area (Å²) < 4.78 is 43.6. The molecule has 0 radical (unpaired) electrons. The minimum atomic E-state index is -1.08. The topological polar surface area (TPSA) is 163 Å². The minimum absolute atomic E-state index is 0.0848. The Morgan fingerprint density at radius 2 is 0.856 bits per heavy atom. The van der Waals surface area contributed by atoms with Crippen LogP contribution in [0.15, 0.2) is 192 Å². The lowest BCUT2D eigenvalue weighted by molar-refractivity contribution is -0.118. The van der Waals surface area contributed by atoms with E-state index in [0.29, 0.717) is 11.6 Å². The molecule has 4 fully saturated rings. The van der Waals surface area contributed by atoms with Crippen LogP contribution in [0.5, 0.6) is 0 Å². The highest BCUT2D eigenvalue weighted by molar-refractivity contribution is 6.16. The van der Waals surface area contributed by atoms with Gasteiger partial charge in [0.25, 0.3) is 0 Å². The molecule has 2 saturated heterocycles. The van der Waals surface area contributed by atoms with Gasteiger partial charge in [0.15, 0.2) is 0 Å². The maximum Gasteiger partial charge on any atom is 0.231 e. The van der Waals surface area contributed by atoms with E-state index in [4.69, 9.17) is 29.7 Å². The van der Waals surface area contributed by atoms with Gasteiger partial charge in [0.1, 0.15) is 36.4 Å². The van der Waals surface area contributed by atoms with Gasteiger partial charge in [0.05, 0.1) is 58.4 Å². The Labute approximate surface area is 522 Å². The van der Waals surface area contributed by atoms with Crippen molar-refractivity contribution >= 4 is 67.8 Å². The zero-order chi connectivity index (χ0) is 61.8. The van der Waals surface area contributed by atoms with Gasteiger partial charge < -0.3 is 20.1 Å². The number of carbonyl (C=O) groups is 2. The molecule has 90 heavy (non-hydrogen) atoms. The molecule has 2 N–H and O–H groups in total. The number of nitrogens with one attached hydrogen (secondary N) is 2. The zero-order valence-electron chi connectivity index (χ0n) is 51.0. The Kier molecular flexibility index (Phi) is 17.5. The van der Waals surface area contributed by atoms with Crippen molar-refractivity contribution in [3.63, 3.8) is 0 Å². The number of nitrogens with zero attached hydrogens (tertiary/aromatic N) is 8. The summed E-state index contributed by atoms with van der Waals surface area (Å²) in [5, 5.41) is 18.7. The van der Waals surface area contributed by atoms with Gasteiger partial charge in [-0.15, -0.1) is 0 Å². The number of aliphatic imine (C=N–C) groups is 2.